The summed E-state index contributed by atoms with van der Waals surface area (Å²) < 4.78 is 1.94. The molecule has 0 atom stereocenters. The van der Waals surface area contributed by atoms with Crippen LogP contribution in [0.25, 0.3) is 11.2 Å². The third-order valence-corrected chi connectivity index (χ3v) is 3.34. The van der Waals surface area contributed by atoms with E-state index in [0.29, 0.717) is 29.4 Å². The van der Waals surface area contributed by atoms with E-state index in [0.717, 1.165) is 17.4 Å². The van der Waals surface area contributed by atoms with E-state index in [9.17, 15) is 0 Å². The minimum atomic E-state index is 0.291. The zero-order valence-corrected chi connectivity index (χ0v) is 12.3. The van der Waals surface area contributed by atoms with Gasteiger partial charge in [-0.05, 0) is 11.6 Å². The number of nitrogens with one attached hydrogen (secondary N) is 2. The number of hydrogen-bond donors (Lipinski definition) is 4. The van der Waals surface area contributed by atoms with Gasteiger partial charge in [0.1, 0.15) is 5.65 Å². The minimum absolute atomic E-state index is 0.291. The Kier molecular flexibility index (Phi) is 3.88. The molecule has 0 amide bonds. The fourth-order valence-electron chi connectivity index (χ4n) is 2.13. The van der Waals surface area contributed by atoms with Gasteiger partial charge in [0.25, 0.3) is 0 Å². The largest absolute Gasteiger partial charge is 0.404 e. The van der Waals surface area contributed by atoms with Gasteiger partial charge in [-0.25, -0.2) is 15.0 Å². The molecule has 0 aromatic carbocycles. The van der Waals surface area contributed by atoms with Gasteiger partial charge in [0.15, 0.2) is 11.6 Å². The van der Waals surface area contributed by atoms with Gasteiger partial charge in [-0.1, -0.05) is 6.07 Å². The summed E-state index contributed by atoms with van der Waals surface area (Å²) in [6.07, 6.45) is 9.53. The molecule has 0 saturated heterocycles. The number of fused-ring (bicyclic) bond motifs is 1. The molecule has 0 aliphatic carbocycles. The molecule has 0 aliphatic rings. The highest BCUT2D eigenvalue weighted by Crippen LogP contribution is 2.17. The Hall–Kier alpha value is -3.42. The van der Waals surface area contributed by atoms with Gasteiger partial charge >= 0.3 is 0 Å². The molecule has 0 fully saturated rings. The summed E-state index contributed by atoms with van der Waals surface area (Å²) in [4.78, 5) is 12.7. The Morgan fingerprint density at radius 1 is 1.35 bits per heavy atom. The molecule has 0 bridgehead atoms. The van der Waals surface area contributed by atoms with E-state index in [2.05, 4.69) is 20.3 Å². The van der Waals surface area contributed by atoms with Gasteiger partial charge in [0.05, 0.1) is 11.9 Å². The molecule has 0 radical (unpaired) electrons. The van der Waals surface area contributed by atoms with E-state index in [4.69, 9.17) is 16.9 Å². The summed E-state index contributed by atoms with van der Waals surface area (Å²) >= 11 is 0. The second kappa shape index (κ2) is 6.14. The van der Waals surface area contributed by atoms with E-state index in [1.165, 1.54) is 12.4 Å². The Morgan fingerprint density at radius 3 is 3.00 bits per heavy atom. The Morgan fingerprint density at radius 2 is 2.22 bits per heavy atom. The van der Waals surface area contributed by atoms with Crippen molar-refractivity contribution >= 4 is 29.1 Å². The summed E-state index contributed by atoms with van der Waals surface area (Å²) in [5.41, 5.74) is 14.2. The first-order valence-corrected chi connectivity index (χ1v) is 6.92. The van der Waals surface area contributed by atoms with Crippen LogP contribution in [0, 0.1) is 5.41 Å². The summed E-state index contributed by atoms with van der Waals surface area (Å²) in [5, 5.41) is 10.5. The van der Waals surface area contributed by atoms with E-state index < -0.39 is 0 Å². The van der Waals surface area contributed by atoms with Crippen molar-refractivity contribution in [1.82, 2.24) is 19.4 Å². The van der Waals surface area contributed by atoms with Crippen molar-refractivity contribution in [3.63, 3.8) is 0 Å². The van der Waals surface area contributed by atoms with Gasteiger partial charge in [-0.3, -0.25) is 0 Å². The van der Waals surface area contributed by atoms with Gasteiger partial charge in [-0.15, -0.1) is 0 Å². The summed E-state index contributed by atoms with van der Waals surface area (Å²) in [5.74, 6) is 0.744. The topological polar surface area (TPSA) is 131 Å². The van der Waals surface area contributed by atoms with Crippen LogP contribution in [-0.2, 0) is 6.54 Å². The predicted molar refractivity (Wildman–Crippen MR) is 89.9 cm³/mol. The third-order valence-electron chi connectivity index (χ3n) is 3.34. The summed E-state index contributed by atoms with van der Waals surface area (Å²) in [7, 11) is 0. The molecule has 3 aromatic rings. The fraction of sp³-hybridized carbons (Fsp3) is 0.0667. The number of rotatable bonds is 5. The van der Waals surface area contributed by atoms with Crippen LogP contribution in [0.3, 0.4) is 0 Å². The molecule has 8 nitrogen and oxygen atoms in total. The maximum Gasteiger partial charge on any atom is 0.169 e. The van der Waals surface area contributed by atoms with Crippen LogP contribution in [0.2, 0.25) is 0 Å². The summed E-state index contributed by atoms with van der Waals surface area (Å²) in [6.45, 7) is 0.530. The lowest BCUT2D eigenvalue weighted by Crippen LogP contribution is -2.08. The van der Waals surface area contributed by atoms with Crippen LogP contribution in [-0.4, -0.2) is 25.6 Å². The van der Waals surface area contributed by atoms with Crippen LogP contribution >= 0.6 is 0 Å². The molecule has 23 heavy (non-hydrogen) atoms. The highest BCUT2D eigenvalue weighted by Gasteiger charge is 2.07. The van der Waals surface area contributed by atoms with Crippen molar-refractivity contribution in [3.05, 3.63) is 54.4 Å². The Bertz CT molecular complexity index is 880. The summed E-state index contributed by atoms with van der Waals surface area (Å²) in [6, 6.07) is 3.92. The van der Waals surface area contributed by atoms with E-state index in [-0.39, 0.29) is 0 Å². The Labute approximate surface area is 132 Å². The zero-order valence-electron chi connectivity index (χ0n) is 12.3. The van der Waals surface area contributed by atoms with Gasteiger partial charge in [-0.2, -0.15) is 0 Å². The standard InChI is InChI=1S/C15H16N8/c16-5-11(6-17)12-8-20-14(18)15(22-12)21-7-10-1-2-13-19-3-4-23(13)9-10/h1-6,8-9,16H,7,17H2,(H2,18,20)(H,21,22). The average molecular weight is 308 g/mol. The molecule has 6 N–H and O–H groups in total. The maximum atomic E-state index is 7.32. The molecule has 3 rings (SSSR count). The van der Waals surface area contributed by atoms with Crippen molar-refractivity contribution in [1.29, 1.82) is 5.41 Å². The Balaban J connectivity index is 1.81. The molecule has 0 unspecified atom stereocenters. The van der Waals surface area contributed by atoms with Crippen molar-refractivity contribution < 1.29 is 0 Å². The van der Waals surface area contributed by atoms with Gasteiger partial charge in [0, 0.05) is 43.1 Å². The molecule has 8 heteroatoms. The van der Waals surface area contributed by atoms with Crippen LogP contribution in [0.15, 0.2) is 43.1 Å². The number of allylic oxidation sites excluding steroid dienone is 1. The van der Waals surface area contributed by atoms with Crippen LogP contribution in [0.5, 0.6) is 0 Å². The van der Waals surface area contributed by atoms with Gasteiger partial charge in [0.2, 0.25) is 0 Å². The predicted octanol–water partition coefficient (Wildman–Crippen LogP) is 1.27. The number of pyridine rings is 1. The van der Waals surface area contributed by atoms with Crippen molar-refractivity contribution in [2.45, 2.75) is 6.54 Å². The van der Waals surface area contributed by atoms with Crippen molar-refractivity contribution in [3.8, 4) is 0 Å². The van der Waals surface area contributed by atoms with E-state index in [1.54, 1.807) is 6.20 Å². The first-order chi connectivity index (χ1) is 11.2. The molecule has 116 valence electrons. The quantitative estimate of drug-likeness (QED) is 0.525. The minimum Gasteiger partial charge on any atom is -0.404 e. The van der Waals surface area contributed by atoms with E-state index in [1.807, 2.05) is 28.9 Å². The van der Waals surface area contributed by atoms with Crippen LogP contribution in [0.1, 0.15) is 11.3 Å². The maximum absolute atomic E-state index is 7.32. The fourth-order valence-corrected chi connectivity index (χ4v) is 2.13. The first-order valence-electron chi connectivity index (χ1n) is 6.92. The second-order valence-corrected chi connectivity index (χ2v) is 4.84. The van der Waals surface area contributed by atoms with Crippen molar-refractivity contribution in [2.75, 3.05) is 11.1 Å². The molecule has 3 aromatic heterocycles. The van der Waals surface area contributed by atoms with Gasteiger partial charge < -0.3 is 26.6 Å². The molecular weight excluding hydrogens is 292 g/mol. The highest BCUT2D eigenvalue weighted by atomic mass is 15.1. The zero-order chi connectivity index (χ0) is 16.2. The number of imidazole rings is 1. The average Bonchev–Trinajstić information content (AvgIpc) is 3.03. The van der Waals surface area contributed by atoms with Crippen LogP contribution < -0.4 is 16.8 Å². The smallest absolute Gasteiger partial charge is 0.169 e. The number of aromatic nitrogens is 4. The lowest BCUT2D eigenvalue weighted by Gasteiger charge is -2.10. The molecule has 0 saturated carbocycles. The van der Waals surface area contributed by atoms with Crippen molar-refractivity contribution in [2.24, 2.45) is 5.73 Å². The monoisotopic (exact) mass is 308 g/mol. The normalized spacial score (nSPS) is 11.6. The van der Waals surface area contributed by atoms with Crippen LogP contribution in [0.4, 0.5) is 11.6 Å². The first kappa shape index (κ1) is 14.5. The second-order valence-electron chi connectivity index (χ2n) is 4.84. The highest BCUT2D eigenvalue weighted by molar-refractivity contribution is 6.07. The molecule has 0 aliphatic heterocycles. The number of anilines is 2. The molecular formula is C15H16N8. The molecule has 3 heterocycles. The third kappa shape index (κ3) is 2.95. The molecule has 0 spiro atoms. The van der Waals surface area contributed by atoms with E-state index >= 15 is 0 Å². The number of hydrogen-bond acceptors (Lipinski definition) is 7. The number of nitrogens with two attached hydrogens (primary N) is 2. The SMILES string of the molecule is N=CC(=CN)c1cnc(N)c(NCc2ccc3nccn3c2)n1. The number of nitrogen functional groups attached to an aromatic ring is 1. The lowest BCUT2D eigenvalue weighted by atomic mass is 10.2. The number of nitrogens with zero attached hydrogens (tertiary/aromatic N) is 4. The lowest BCUT2D eigenvalue weighted by molar-refractivity contribution is 1.05.